The highest BCUT2D eigenvalue weighted by Gasteiger charge is 2.15. The summed E-state index contributed by atoms with van der Waals surface area (Å²) in [5, 5.41) is 5.23. The third-order valence-electron chi connectivity index (χ3n) is 3.99. The highest BCUT2D eigenvalue weighted by atomic mass is 32.1. The molecule has 2 aromatic heterocycles. The van der Waals surface area contributed by atoms with Crippen LogP contribution in [0.15, 0.2) is 4.79 Å². The molecule has 0 unspecified atom stereocenters. The second kappa shape index (κ2) is 5.40. The van der Waals surface area contributed by atoms with Crippen LogP contribution in [-0.4, -0.2) is 14.6 Å². The Morgan fingerprint density at radius 2 is 2.05 bits per heavy atom. The van der Waals surface area contributed by atoms with Crippen LogP contribution in [0.3, 0.4) is 0 Å². The van der Waals surface area contributed by atoms with Crippen molar-refractivity contribution in [1.82, 2.24) is 14.6 Å². The summed E-state index contributed by atoms with van der Waals surface area (Å²) >= 11 is 1.42. The first-order valence-electron chi connectivity index (χ1n) is 7.09. The largest absolute Gasteiger partial charge is 0.391 e. The molecule has 7 heteroatoms. The van der Waals surface area contributed by atoms with Crippen molar-refractivity contribution in [3.05, 3.63) is 15.4 Å². The van der Waals surface area contributed by atoms with Gasteiger partial charge in [-0.3, -0.25) is 4.79 Å². The fraction of sp³-hybridized carbons (Fsp3) is 0.615. The van der Waals surface area contributed by atoms with Gasteiger partial charge in [0, 0.05) is 6.42 Å². The van der Waals surface area contributed by atoms with Gasteiger partial charge < -0.3 is 11.5 Å². The van der Waals surface area contributed by atoms with Gasteiger partial charge >= 0.3 is 5.56 Å². The van der Waals surface area contributed by atoms with Crippen LogP contribution in [0, 0.1) is 5.92 Å². The summed E-state index contributed by atoms with van der Waals surface area (Å²) < 4.78 is 1.27. The minimum Gasteiger partial charge on any atom is -0.391 e. The predicted molar refractivity (Wildman–Crippen MR) is 80.9 cm³/mol. The van der Waals surface area contributed by atoms with Crippen LogP contribution in [0.1, 0.15) is 43.5 Å². The highest BCUT2D eigenvalue weighted by Crippen LogP contribution is 2.29. The van der Waals surface area contributed by atoms with E-state index in [1.54, 1.807) is 0 Å². The molecular formula is C13H19N5OS. The molecule has 0 atom stereocenters. The van der Waals surface area contributed by atoms with E-state index in [-0.39, 0.29) is 17.1 Å². The molecule has 0 bridgehead atoms. The molecule has 20 heavy (non-hydrogen) atoms. The van der Waals surface area contributed by atoms with E-state index in [1.807, 2.05) is 0 Å². The van der Waals surface area contributed by atoms with Crippen LogP contribution in [0.4, 0.5) is 11.5 Å². The maximum absolute atomic E-state index is 11.9. The molecule has 4 N–H and O–H groups in total. The molecule has 0 radical (unpaired) electrons. The van der Waals surface area contributed by atoms with Crippen molar-refractivity contribution in [3.63, 3.8) is 0 Å². The molecule has 6 nitrogen and oxygen atoms in total. The molecule has 0 aromatic carbocycles. The number of aryl methyl sites for hydroxylation is 1. The summed E-state index contributed by atoms with van der Waals surface area (Å²) in [6.45, 7) is 0. The molecule has 1 fully saturated rings. The number of nitrogen functional groups attached to an aromatic ring is 2. The molecule has 3 rings (SSSR count). The number of rotatable bonds is 4. The lowest BCUT2D eigenvalue weighted by Gasteiger charge is -2.06. The third-order valence-corrected chi connectivity index (χ3v) is 4.96. The molecule has 0 amide bonds. The summed E-state index contributed by atoms with van der Waals surface area (Å²) in [6, 6.07) is 0. The first kappa shape index (κ1) is 13.4. The Morgan fingerprint density at radius 3 is 2.80 bits per heavy atom. The van der Waals surface area contributed by atoms with Crippen LogP contribution in [0.5, 0.6) is 0 Å². The molecule has 1 saturated carbocycles. The lowest BCUT2D eigenvalue weighted by atomic mass is 10.0. The van der Waals surface area contributed by atoms with Gasteiger partial charge in [0.05, 0.1) is 0 Å². The second-order valence-corrected chi connectivity index (χ2v) is 6.49. The molecule has 1 aliphatic rings. The lowest BCUT2D eigenvalue weighted by Crippen LogP contribution is -2.21. The fourth-order valence-electron chi connectivity index (χ4n) is 2.85. The van der Waals surface area contributed by atoms with Crippen molar-refractivity contribution >= 4 is 27.8 Å². The van der Waals surface area contributed by atoms with Gasteiger partial charge in [-0.05, 0) is 12.3 Å². The molecular weight excluding hydrogens is 274 g/mol. The van der Waals surface area contributed by atoms with Crippen LogP contribution >= 0.6 is 11.3 Å². The third kappa shape index (κ3) is 2.49. The SMILES string of the molecule is Nc1nc2sc(CCCC3CCCC3)nn2c(=O)c1N. The van der Waals surface area contributed by atoms with Gasteiger partial charge in [0.15, 0.2) is 5.82 Å². The lowest BCUT2D eigenvalue weighted by molar-refractivity contribution is 0.483. The number of anilines is 2. The van der Waals surface area contributed by atoms with Crippen molar-refractivity contribution in [2.45, 2.75) is 44.9 Å². The second-order valence-electron chi connectivity index (χ2n) is 5.45. The Balaban J connectivity index is 1.72. The highest BCUT2D eigenvalue weighted by molar-refractivity contribution is 7.16. The number of hydrogen-bond acceptors (Lipinski definition) is 6. The van der Waals surface area contributed by atoms with Crippen LogP contribution in [0.25, 0.3) is 4.96 Å². The minimum absolute atomic E-state index is 0.0229. The average Bonchev–Trinajstić information content (AvgIpc) is 3.06. The Bertz CT molecular complexity index is 671. The van der Waals surface area contributed by atoms with E-state index in [4.69, 9.17) is 11.5 Å². The van der Waals surface area contributed by atoms with E-state index in [2.05, 4.69) is 10.1 Å². The van der Waals surface area contributed by atoms with Crippen LogP contribution in [-0.2, 0) is 6.42 Å². The first-order valence-corrected chi connectivity index (χ1v) is 7.90. The Hall–Kier alpha value is -1.63. The van der Waals surface area contributed by atoms with Gasteiger partial charge in [-0.2, -0.15) is 14.6 Å². The first-order chi connectivity index (χ1) is 9.65. The summed E-state index contributed by atoms with van der Waals surface area (Å²) in [5.41, 5.74) is 10.8. The topological polar surface area (TPSA) is 99.3 Å². The van der Waals surface area contributed by atoms with Crippen molar-refractivity contribution in [2.24, 2.45) is 5.92 Å². The molecule has 0 aliphatic heterocycles. The number of aromatic nitrogens is 3. The molecule has 108 valence electrons. The minimum atomic E-state index is -0.370. The maximum atomic E-state index is 11.9. The van der Waals surface area contributed by atoms with E-state index < -0.39 is 0 Å². The van der Waals surface area contributed by atoms with E-state index in [9.17, 15) is 4.79 Å². The zero-order chi connectivity index (χ0) is 14.1. The zero-order valence-electron chi connectivity index (χ0n) is 11.3. The fourth-order valence-corrected chi connectivity index (χ4v) is 3.79. The van der Waals surface area contributed by atoms with E-state index in [1.165, 1.54) is 48.0 Å². The summed E-state index contributed by atoms with van der Waals surface area (Å²) in [5.74, 6) is 0.979. The van der Waals surface area contributed by atoms with Gasteiger partial charge in [-0.15, -0.1) is 0 Å². The monoisotopic (exact) mass is 293 g/mol. The molecule has 1 aliphatic carbocycles. The Labute approximate surface area is 120 Å². The van der Waals surface area contributed by atoms with E-state index >= 15 is 0 Å². The number of nitrogens with two attached hydrogens (primary N) is 2. The van der Waals surface area contributed by atoms with Crippen molar-refractivity contribution in [3.8, 4) is 0 Å². The molecule has 2 heterocycles. The van der Waals surface area contributed by atoms with Gasteiger partial charge in [-0.1, -0.05) is 43.4 Å². The van der Waals surface area contributed by atoms with E-state index in [0.717, 1.165) is 23.8 Å². The molecule has 0 saturated heterocycles. The van der Waals surface area contributed by atoms with Gasteiger partial charge in [0.2, 0.25) is 4.96 Å². The predicted octanol–water partition coefficient (Wildman–Crippen LogP) is 1.83. The normalized spacial score (nSPS) is 16.2. The summed E-state index contributed by atoms with van der Waals surface area (Å²) in [4.78, 5) is 16.5. The van der Waals surface area contributed by atoms with Gasteiger partial charge in [-0.25, -0.2) is 0 Å². The van der Waals surface area contributed by atoms with Crippen molar-refractivity contribution in [2.75, 3.05) is 11.5 Å². The summed E-state index contributed by atoms with van der Waals surface area (Å²) in [7, 11) is 0. The zero-order valence-corrected chi connectivity index (χ0v) is 12.2. The number of nitrogens with zero attached hydrogens (tertiary/aromatic N) is 3. The Morgan fingerprint density at radius 1 is 1.30 bits per heavy atom. The van der Waals surface area contributed by atoms with Crippen LogP contribution < -0.4 is 17.0 Å². The maximum Gasteiger partial charge on any atom is 0.300 e. The van der Waals surface area contributed by atoms with Crippen LogP contribution in [0.2, 0.25) is 0 Å². The quantitative estimate of drug-likeness (QED) is 0.896. The van der Waals surface area contributed by atoms with Crippen molar-refractivity contribution in [1.29, 1.82) is 0 Å². The smallest absolute Gasteiger partial charge is 0.300 e. The Kier molecular flexibility index (Phi) is 3.60. The van der Waals surface area contributed by atoms with Gasteiger partial charge in [0.25, 0.3) is 0 Å². The number of fused-ring (bicyclic) bond motifs is 1. The molecule has 2 aromatic rings. The average molecular weight is 293 g/mol. The summed E-state index contributed by atoms with van der Waals surface area (Å²) in [6.07, 6.45) is 8.76. The number of hydrogen-bond donors (Lipinski definition) is 2. The molecule has 0 spiro atoms. The van der Waals surface area contributed by atoms with Gasteiger partial charge in [0.1, 0.15) is 10.7 Å². The van der Waals surface area contributed by atoms with Crippen molar-refractivity contribution < 1.29 is 0 Å². The standard InChI is InChI=1S/C13H19N5OS/c14-10-11(15)16-13-18(12(10)19)17-9(20-13)7-3-6-8-4-1-2-5-8/h8H,1-7,14-15H2. The van der Waals surface area contributed by atoms with E-state index in [0.29, 0.717) is 4.96 Å².